The Balaban J connectivity index is 2.10. The van der Waals surface area contributed by atoms with E-state index in [1.165, 1.54) is 24.3 Å². The molecule has 0 fully saturated rings. The van der Waals surface area contributed by atoms with E-state index >= 15 is 0 Å². The fraction of sp³-hybridized carbons (Fsp3) is 0.231. The van der Waals surface area contributed by atoms with E-state index in [4.69, 9.17) is 0 Å². The van der Waals surface area contributed by atoms with Crippen molar-refractivity contribution in [3.05, 3.63) is 47.3 Å². The third-order valence-electron chi connectivity index (χ3n) is 2.73. The van der Waals surface area contributed by atoms with Crippen LogP contribution in [0.3, 0.4) is 0 Å². The lowest BCUT2D eigenvalue weighted by Crippen LogP contribution is -2.23. The number of carbonyl (C=O) groups is 1. The van der Waals surface area contributed by atoms with Gasteiger partial charge in [0, 0.05) is 22.7 Å². The summed E-state index contributed by atoms with van der Waals surface area (Å²) in [7, 11) is 0. The summed E-state index contributed by atoms with van der Waals surface area (Å²) in [4.78, 5) is 11.9. The largest absolute Gasteiger partial charge is 0.446 e. The normalized spacial score (nSPS) is 11.4. The standard InChI is InChI=1S/C13H12F3N3OS/c1-8-9(7-18-19-8)6-17-12(20)10-4-2-3-5-11(10)21-13(14,15)16/h2-5,7H,6H2,1H3,(H,17,20)(H,18,19). The zero-order valence-corrected chi connectivity index (χ0v) is 11.8. The van der Waals surface area contributed by atoms with E-state index in [0.29, 0.717) is 0 Å². The molecule has 1 aromatic heterocycles. The highest BCUT2D eigenvalue weighted by Gasteiger charge is 2.31. The van der Waals surface area contributed by atoms with Crippen molar-refractivity contribution in [1.29, 1.82) is 0 Å². The first-order valence-corrected chi connectivity index (χ1v) is 6.80. The molecular weight excluding hydrogens is 303 g/mol. The molecule has 0 saturated carbocycles. The third kappa shape index (κ3) is 4.25. The molecule has 0 atom stereocenters. The topological polar surface area (TPSA) is 57.8 Å². The molecule has 0 aliphatic heterocycles. The number of nitrogens with one attached hydrogen (secondary N) is 2. The Bertz CT molecular complexity index is 640. The number of hydrogen-bond donors (Lipinski definition) is 2. The lowest BCUT2D eigenvalue weighted by molar-refractivity contribution is -0.0328. The van der Waals surface area contributed by atoms with Gasteiger partial charge in [-0.15, -0.1) is 0 Å². The highest BCUT2D eigenvalue weighted by Crippen LogP contribution is 2.38. The van der Waals surface area contributed by atoms with Crippen LogP contribution in [0.25, 0.3) is 0 Å². The zero-order chi connectivity index (χ0) is 15.5. The van der Waals surface area contributed by atoms with E-state index < -0.39 is 11.4 Å². The number of aromatic amines is 1. The Morgan fingerprint density at radius 2 is 2.10 bits per heavy atom. The van der Waals surface area contributed by atoms with Gasteiger partial charge in [0.25, 0.3) is 5.91 Å². The molecule has 4 nitrogen and oxygen atoms in total. The maximum atomic E-state index is 12.5. The van der Waals surface area contributed by atoms with Gasteiger partial charge in [-0.3, -0.25) is 9.89 Å². The van der Waals surface area contributed by atoms with Gasteiger partial charge in [-0.25, -0.2) is 0 Å². The quantitative estimate of drug-likeness (QED) is 0.852. The first kappa shape index (κ1) is 15.4. The van der Waals surface area contributed by atoms with Gasteiger partial charge in [-0.1, -0.05) is 12.1 Å². The van der Waals surface area contributed by atoms with Crippen molar-refractivity contribution in [2.45, 2.75) is 23.9 Å². The maximum Gasteiger partial charge on any atom is 0.446 e. The van der Waals surface area contributed by atoms with E-state index in [9.17, 15) is 18.0 Å². The van der Waals surface area contributed by atoms with Gasteiger partial charge in [0.2, 0.25) is 0 Å². The molecule has 112 valence electrons. The van der Waals surface area contributed by atoms with Crippen LogP contribution in [0.4, 0.5) is 13.2 Å². The number of amides is 1. The van der Waals surface area contributed by atoms with E-state index in [1.54, 1.807) is 13.1 Å². The van der Waals surface area contributed by atoms with E-state index in [1.807, 2.05) is 0 Å². The summed E-state index contributed by atoms with van der Waals surface area (Å²) in [5, 5.41) is 9.12. The number of rotatable bonds is 4. The Morgan fingerprint density at radius 3 is 2.71 bits per heavy atom. The smallest absolute Gasteiger partial charge is 0.348 e. The Labute approximate surface area is 123 Å². The molecule has 8 heteroatoms. The van der Waals surface area contributed by atoms with Crippen molar-refractivity contribution in [1.82, 2.24) is 15.5 Å². The molecule has 1 amide bonds. The minimum atomic E-state index is -4.43. The summed E-state index contributed by atoms with van der Waals surface area (Å²) in [5.74, 6) is -0.553. The molecule has 2 rings (SSSR count). The number of aryl methyl sites for hydroxylation is 1. The highest BCUT2D eigenvalue weighted by molar-refractivity contribution is 8.00. The Kier molecular flexibility index (Phi) is 4.56. The van der Waals surface area contributed by atoms with Crippen molar-refractivity contribution in [3.8, 4) is 0 Å². The number of aromatic nitrogens is 2. The molecule has 0 aliphatic rings. The Hall–Kier alpha value is -1.96. The maximum absolute atomic E-state index is 12.5. The SMILES string of the molecule is Cc1[nH]ncc1CNC(=O)c1ccccc1SC(F)(F)F. The molecule has 0 unspecified atom stereocenters. The first-order valence-electron chi connectivity index (χ1n) is 5.98. The van der Waals surface area contributed by atoms with Gasteiger partial charge in [-0.2, -0.15) is 18.3 Å². The van der Waals surface area contributed by atoms with Crippen molar-refractivity contribution in [2.24, 2.45) is 0 Å². The van der Waals surface area contributed by atoms with E-state index in [2.05, 4.69) is 15.5 Å². The van der Waals surface area contributed by atoms with Gasteiger partial charge in [-0.05, 0) is 30.8 Å². The van der Waals surface area contributed by atoms with Gasteiger partial charge in [0.1, 0.15) is 0 Å². The van der Waals surface area contributed by atoms with Crippen molar-refractivity contribution >= 4 is 17.7 Å². The average Bonchev–Trinajstić information content (AvgIpc) is 2.80. The van der Waals surface area contributed by atoms with Crippen molar-refractivity contribution in [2.75, 3.05) is 0 Å². The predicted molar refractivity (Wildman–Crippen MR) is 72.8 cm³/mol. The number of carbonyl (C=O) groups excluding carboxylic acids is 1. The number of H-pyrrole nitrogens is 1. The van der Waals surface area contributed by atoms with Crippen LogP contribution in [0, 0.1) is 6.92 Å². The monoisotopic (exact) mass is 315 g/mol. The minimum Gasteiger partial charge on any atom is -0.348 e. The first-order chi connectivity index (χ1) is 9.87. The van der Waals surface area contributed by atoms with Crippen molar-refractivity contribution in [3.63, 3.8) is 0 Å². The molecule has 0 spiro atoms. The van der Waals surface area contributed by atoms with Gasteiger partial charge >= 0.3 is 5.51 Å². The van der Waals surface area contributed by atoms with Crippen LogP contribution in [0.15, 0.2) is 35.4 Å². The second-order valence-corrected chi connectivity index (χ2v) is 5.35. The third-order valence-corrected chi connectivity index (χ3v) is 3.54. The molecule has 0 saturated heterocycles. The van der Waals surface area contributed by atoms with Crippen LogP contribution < -0.4 is 5.32 Å². The van der Waals surface area contributed by atoms with Gasteiger partial charge in [0.05, 0.1) is 11.8 Å². The number of alkyl halides is 3. The summed E-state index contributed by atoms with van der Waals surface area (Å²) in [6.45, 7) is 1.99. The molecule has 0 aliphatic carbocycles. The van der Waals surface area contributed by atoms with Gasteiger partial charge in [0.15, 0.2) is 0 Å². The summed E-state index contributed by atoms with van der Waals surface area (Å²) >= 11 is -0.297. The van der Waals surface area contributed by atoms with Crippen LogP contribution in [-0.2, 0) is 6.54 Å². The van der Waals surface area contributed by atoms with Crippen LogP contribution in [0.5, 0.6) is 0 Å². The number of nitrogens with zero attached hydrogens (tertiary/aromatic N) is 1. The summed E-state index contributed by atoms with van der Waals surface area (Å²) in [5.41, 5.74) is -2.85. The van der Waals surface area contributed by atoms with E-state index in [0.717, 1.165) is 11.3 Å². The number of thioether (sulfide) groups is 1. The number of halogens is 3. The van der Waals surface area contributed by atoms with Crippen LogP contribution >= 0.6 is 11.8 Å². The highest BCUT2D eigenvalue weighted by atomic mass is 32.2. The average molecular weight is 315 g/mol. The van der Waals surface area contributed by atoms with E-state index in [-0.39, 0.29) is 28.8 Å². The molecule has 0 bridgehead atoms. The minimum absolute atomic E-state index is 0.000901. The predicted octanol–water partition coefficient (Wildman–Crippen LogP) is 3.26. The lowest BCUT2D eigenvalue weighted by Gasteiger charge is -2.11. The fourth-order valence-corrected chi connectivity index (χ4v) is 2.36. The van der Waals surface area contributed by atoms with Crippen LogP contribution in [0.1, 0.15) is 21.6 Å². The van der Waals surface area contributed by atoms with Crippen LogP contribution in [0.2, 0.25) is 0 Å². The number of benzene rings is 1. The van der Waals surface area contributed by atoms with Crippen LogP contribution in [-0.4, -0.2) is 21.6 Å². The second-order valence-electron chi connectivity index (χ2n) is 4.25. The fourth-order valence-electron chi connectivity index (χ4n) is 1.69. The number of hydrogen-bond acceptors (Lipinski definition) is 3. The van der Waals surface area contributed by atoms with Crippen molar-refractivity contribution < 1.29 is 18.0 Å². The Morgan fingerprint density at radius 1 is 1.38 bits per heavy atom. The van der Waals surface area contributed by atoms with Gasteiger partial charge < -0.3 is 5.32 Å². The summed E-state index contributed by atoms with van der Waals surface area (Å²) in [6.07, 6.45) is 1.56. The molecule has 1 heterocycles. The second kappa shape index (κ2) is 6.21. The molecule has 1 aromatic carbocycles. The zero-order valence-electron chi connectivity index (χ0n) is 11.0. The molecule has 21 heavy (non-hydrogen) atoms. The summed E-state index contributed by atoms with van der Waals surface area (Å²) in [6, 6.07) is 5.63. The lowest BCUT2D eigenvalue weighted by atomic mass is 10.2. The molecule has 0 radical (unpaired) electrons. The molecule has 2 N–H and O–H groups in total. The summed E-state index contributed by atoms with van der Waals surface area (Å²) < 4.78 is 37.4. The molecular formula is C13H12F3N3OS. The molecule has 2 aromatic rings.